The number of ether oxygens (including phenoxy) is 3. The van der Waals surface area contributed by atoms with Crippen LogP contribution < -0.4 is 15.4 Å². The lowest BCUT2D eigenvalue weighted by atomic mass is 10.0. The monoisotopic (exact) mass is 592 g/mol. The first-order valence-electron chi connectivity index (χ1n) is 14.4. The predicted molar refractivity (Wildman–Crippen MR) is 164 cm³/mol. The van der Waals surface area contributed by atoms with E-state index in [1.807, 2.05) is 72.8 Å². The maximum absolute atomic E-state index is 12.6. The number of unbranched alkanes of at least 4 members (excludes halogenated alkanes) is 2. The van der Waals surface area contributed by atoms with Gasteiger partial charge in [0.2, 0.25) is 11.8 Å². The van der Waals surface area contributed by atoms with Gasteiger partial charge in [0, 0.05) is 48.2 Å². The van der Waals surface area contributed by atoms with Gasteiger partial charge in [0.25, 0.3) is 0 Å². The van der Waals surface area contributed by atoms with Crippen LogP contribution in [0.2, 0.25) is 0 Å². The summed E-state index contributed by atoms with van der Waals surface area (Å²) < 4.78 is 18.5. The van der Waals surface area contributed by atoms with Crippen LogP contribution in [-0.2, 0) is 25.7 Å². The molecule has 42 heavy (non-hydrogen) atoms. The number of thioether (sulfide) groups is 1. The van der Waals surface area contributed by atoms with E-state index in [0.717, 1.165) is 46.6 Å². The summed E-state index contributed by atoms with van der Waals surface area (Å²) in [6, 6.07) is 23.4. The maximum Gasteiger partial charge on any atom is 0.224 e. The van der Waals surface area contributed by atoms with Gasteiger partial charge in [-0.3, -0.25) is 9.59 Å². The Hall–Kier alpha value is -3.37. The van der Waals surface area contributed by atoms with Crippen molar-refractivity contribution < 1.29 is 28.9 Å². The average Bonchev–Trinajstić information content (AvgIpc) is 3.01. The molecule has 0 aliphatic carbocycles. The molecule has 8 nitrogen and oxygen atoms in total. The van der Waals surface area contributed by atoms with E-state index >= 15 is 0 Å². The van der Waals surface area contributed by atoms with E-state index in [1.165, 1.54) is 6.92 Å². The molecule has 4 rings (SSSR count). The zero-order chi connectivity index (χ0) is 29.7. The topological polar surface area (TPSA) is 106 Å². The number of carbonyl (C=O) groups is 2. The van der Waals surface area contributed by atoms with Crippen LogP contribution in [0.4, 0.5) is 5.69 Å². The Labute approximate surface area is 252 Å². The van der Waals surface area contributed by atoms with Crippen LogP contribution in [0.15, 0.2) is 77.7 Å². The van der Waals surface area contributed by atoms with Crippen molar-refractivity contribution in [3.05, 3.63) is 89.5 Å². The second-order valence-electron chi connectivity index (χ2n) is 10.3. The van der Waals surface area contributed by atoms with Gasteiger partial charge in [-0.1, -0.05) is 55.0 Å². The van der Waals surface area contributed by atoms with Crippen LogP contribution in [0.3, 0.4) is 0 Å². The van der Waals surface area contributed by atoms with Crippen molar-refractivity contribution in [3.63, 3.8) is 0 Å². The highest BCUT2D eigenvalue weighted by molar-refractivity contribution is 7.99. The fraction of sp³-hybridized carbons (Fsp3) is 0.394. The van der Waals surface area contributed by atoms with Gasteiger partial charge in [-0.25, -0.2) is 0 Å². The van der Waals surface area contributed by atoms with E-state index in [2.05, 4.69) is 10.6 Å². The van der Waals surface area contributed by atoms with Crippen LogP contribution >= 0.6 is 11.8 Å². The zero-order valence-corrected chi connectivity index (χ0v) is 25.0. The largest absolute Gasteiger partial charge is 0.496 e. The number of para-hydroxylation sites is 1. The SMILES string of the molecule is COc1ccccc1SCC1CC(c2ccc(CO)cc2)OC(c2cccc(NC(=O)CCCCCNC(C)=O)c2)O1. The predicted octanol–water partition coefficient (Wildman–Crippen LogP) is 6.16. The fourth-order valence-corrected chi connectivity index (χ4v) is 5.83. The summed E-state index contributed by atoms with van der Waals surface area (Å²) in [6.45, 7) is 2.12. The normalized spacial score (nSPS) is 18.3. The summed E-state index contributed by atoms with van der Waals surface area (Å²) in [7, 11) is 1.67. The van der Waals surface area contributed by atoms with Gasteiger partial charge in [0.15, 0.2) is 6.29 Å². The minimum atomic E-state index is -0.616. The number of anilines is 1. The molecule has 9 heteroatoms. The van der Waals surface area contributed by atoms with E-state index in [4.69, 9.17) is 14.2 Å². The van der Waals surface area contributed by atoms with Gasteiger partial charge >= 0.3 is 0 Å². The maximum atomic E-state index is 12.6. The van der Waals surface area contributed by atoms with Crippen LogP contribution in [0.5, 0.6) is 5.75 Å². The minimum Gasteiger partial charge on any atom is -0.496 e. The minimum absolute atomic E-state index is 0.00863. The molecule has 3 aromatic carbocycles. The number of nitrogens with one attached hydrogen (secondary N) is 2. The van der Waals surface area contributed by atoms with Crippen molar-refractivity contribution in [2.75, 3.05) is 24.7 Å². The standard InChI is InChI=1S/C33H40N2O6S/c1-23(37)34-18-7-3-4-13-32(38)35-27-10-8-9-26(19-27)33-40-28(22-42-31-12-6-5-11-29(31)39-2)20-30(41-33)25-16-14-24(21-36)15-17-25/h5-6,8-12,14-17,19,28,30,33,36H,3-4,7,13,18,20-22H2,1-2H3,(H,34,37)(H,35,38). The van der Waals surface area contributed by atoms with E-state index in [1.54, 1.807) is 18.9 Å². The Morgan fingerprint density at radius 1 is 0.976 bits per heavy atom. The number of aliphatic hydroxyl groups is 1. The quantitative estimate of drug-likeness (QED) is 0.152. The highest BCUT2D eigenvalue weighted by atomic mass is 32.2. The Morgan fingerprint density at radius 2 is 1.79 bits per heavy atom. The molecule has 3 unspecified atom stereocenters. The molecule has 2 amide bonds. The van der Waals surface area contributed by atoms with Crippen LogP contribution in [0.1, 0.15) is 68.1 Å². The number of carbonyl (C=O) groups excluding carboxylic acids is 2. The van der Waals surface area contributed by atoms with Gasteiger partial charge in [-0.2, -0.15) is 0 Å². The summed E-state index contributed by atoms with van der Waals surface area (Å²) in [5.41, 5.74) is 3.39. The first-order valence-corrected chi connectivity index (χ1v) is 15.3. The van der Waals surface area contributed by atoms with Crippen LogP contribution in [0.25, 0.3) is 0 Å². The number of rotatable bonds is 14. The molecule has 0 aromatic heterocycles. The lowest BCUT2D eigenvalue weighted by Gasteiger charge is -2.36. The summed E-state index contributed by atoms with van der Waals surface area (Å²) in [4.78, 5) is 24.6. The molecule has 0 radical (unpaired) electrons. The third kappa shape index (κ3) is 9.59. The Balaban J connectivity index is 1.42. The molecule has 0 spiro atoms. The molecule has 3 aromatic rings. The summed E-state index contributed by atoms with van der Waals surface area (Å²) in [5.74, 6) is 1.46. The van der Waals surface area contributed by atoms with E-state index < -0.39 is 6.29 Å². The van der Waals surface area contributed by atoms with Crippen molar-refractivity contribution in [2.45, 2.75) is 69.0 Å². The van der Waals surface area contributed by atoms with E-state index in [-0.39, 0.29) is 30.6 Å². The first-order chi connectivity index (χ1) is 20.4. The molecule has 1 aliphatic heterocycles. The lowest BCUT2D eigenvalue weighted by Crippen LogP contribution is -2.31. The first kappa shape index (κ1) is 31.6. The van der Waals surface area contributed by atoms with Crippen molar-refractivity contribution in [1.29, 1.82) is 0 Å². The number of aliphatic hydroxyl groups excluding tert-OH is 1. The number of amides is 2. The second-order valence-corrected chi connectivity index (χ2v) is 11.3. The second kappa shape index (κ2) is 16.3. The Kier molecular flexibility index (Phi) is 12.3. The summed E-state index contributed by atoms with van der Waals surface area (Å²) in [6.07, 6.45) is 2.64. The fourth-order valence-electron chi connectivity index (χ4n) is 4.78. The Morgan fingerprint density at radius 3 is 2.55 bits per heavy atom. The molecular formula is C33H40N2O6S. The molecule has 3 N–H and O–H groups in total. The molecule has 1 saturated heterocycles. The summed E-state index contributed by atoms with van der Waals surface area (Å²) >= 11 is 1.69. The molecule has 0 saturated carbocycles. The molecule has 1 heterocycles. The molecule has 3 atom stereocenters. The molecule has 1 fully saturated rings. The Bertz CT molecular complexity index is 1300. The van der Waals surface area contributed by atoms with Crippen LogP contribution in [-0.4, -0.2) is 42.4 Å². The van der Waals surface area contributed by atoms with E-state index in [0.29, 0.717) is 30.8 Å². The number of methoxy groups -OCH3 is 1. The number of benzene rings is 3. The van der Waals surface area contributed by atoms with Gasteiger partial charge in [0.05, 0.1) is 25.9 Å². The van der Waals surface area contributed by atoms with Crippen LogP contribution in [0, 0.1) is 0 Å². The van der Waals surface area contributed by atoms with Crippen molar-refractivity contribution in [2.24, 2.45) is 0 Å². The smallest absolute Gasteiger partial charge is 0.224 e. The number of hydrogen-bond donors (Lipinski definition) is 3. The van der Waals surface area contributed by atoms with Gasteiger partial charge in [-0.15, -0.1) is 11.8 Å². The number of hydrogen-bond acceptors (Lipinski definition) is 7. The average molecular weight is 593 g/mol. The van der Waals surface area contributed by atoms with Gasteiger partial charge in [-0.05, 0) is 48.2 Å². The van der Waals surface area contributed by atoms with Gasteiger partial charge in [0.1, 0.15) is 5.75 Å². The van der Waals surface area contributed by atoms with Crippen molar-refractivity contribution >= 4 is 29.3 Å². The molecule has 1 aliphatic rings. The van der Waals surface area contributed by atoms with Gasteiger partial charge < -0.3 is 30.0 Å². The lowest BCUT2D eigenvalue weighted by molar-refractivity contribution is -0.245. The third-order valence-electron chi connectivity index (χ3n) is 7.01. The highest BCUT2D eigenvalue weighted by Crippen LogP contribution is 2.40. The third-order valence-corrected chi connectivity index (χ3v) is 8.19. The molecular weight excluding hydrogens is 552 g/mol. The molecule has 224 valence electrons. The van der Waals surface area contributed by atoms with Crippen molar-refractivity contribution in [3.8, 4) is 5.75 Å². The molecule has 0 bridgehead atoms. The van der Waals surface area contributed by atoms with Crippen molar-refractivity contribution in [1.82, 2.24) is 5.32 Å². The highest BCUT2D eigenvalue weighted by Gasteiger charge is 2.32. The van der Waals surface area contributed by atoms with E-state index in [9.17, 15) is 14.7 Å². The summed E-state index contributed by atoms with van der Waals surface area (Å²) in [5, 5.41) is 15.2. The zero-order valence-electron chi connectivity index (χ0n) is 24.2.